The van der Waals surface area contributed by atoms with Crippen LogP contribution in [0.5, 0.6) is 5.75 Å². The molecule has 168 valence electrons. The van der Waals surface area contributed by atoms with Crippen molar-refractivity contribution in [1.82, 2.24) is 19.7 Å². The van der Waals surface area contributed by atoms with Crippen molar-refractivity contribution >= 4 is 11.7 Å². The Morgan fingerprint density at radius 2 is 1.94 bits per heavy atom. The summed E-state index contributed by atoms with van der Waals surface area (Å²) in [5.74, 6) is 1.41. The third kappa shape index (κ3) is 5.84. The van der Waals surface area contributed by atoms with Gasteiger partial charge in [0.1, 0.15) is 5.75 Å². The van der Waals surface area contributed by atoms with Gasteiger partial charge in [-0.3, -0.25) is 4.79 Å². The second-order valence-electron chi connectivity index (χ2n) is 7.32. The van der Waals surface area contributed by atoms with Crippen LogP contribution in [0.1, 0.15) is 29.4 Å². The molecule has 0 fully saturated rings. The maximum Gasteiger partial charge on any atom is 0.263 e. The molecule has 2 N–H and O–H groups in total. The molecule has 1 amide bonds. The summed E-state index contributed by atoms with van der Waals surface area (Å²) in [5.41, 5.74) is 9.45. The molecule has 0 aliphatic carbocycles. The molecule has 0 saturated carbocycles. The van der Waals surface area contributed by atoms with Crippen LogP contribution >= 0.6 is 0 Å². The second-order valence-corrected chi connectivity index (χ2v) is 7.32. The Kier molecular flexibility index (Phi) is 7.43. The number of oxime groups is 1. The molecule has 0 atom stereocenters. The maximum absolute atomic E-state index is 12.3. The quantitative estimate of drug-likeness (QED) is 0.314. The number of aromatic nitrogens is 3. The van der Waals surface area contributed by atoms with Crippen LogP contribution in [-0.4, -0.2) is 51.7 Å². The zero-order chi connectivity index (χ0) is 23.1. The van der Waals surface area contributed by atoms with Crippen molar-refractivity contribution in [2.24, 2.45) is 10.9 Å². The number of nitrogens with zero attached hydrogens (tertiary/aromatic N) is 5. The highest BCUT2D eigenvalue weighted by Crippen LogP contribution is 2.13. The van der Waals surface area contributed by atoms with Crippen molar-refractivity contribution in [2.75, 3.05) is 20.3 Å². The van der Waals surface area contributed by atoms with Gasteiger partial charge in [0.05, 0.1) is 12.3 Å². The molecule has 9 nitrogen and oxygen atoms in total. The standard InChI is InChI=1S/C23H28N6O3/c1-5-31-20-9-6-18(7-10-20)14-28(4)22(30)15-32-27-23(24)19-8-11-21(25-13-19)29-17(3)12-16(2)26-29/h6-13H,5,14-15H2,1-4H3,(H2,24,27). The predicted molar refractivity (Wildman–Crippen MR) is 122 cm³/mol. The molecule has 3 aromatic rings. The van der Waals surface area contributed by atoms with Gasteiger partial charge in [0.2, 0.25) is 0 Å². The number of carbonyl (C=O) groups is 1. The Morgan fingerprint density at radius 3 is 2.53 bits per heavy atom. The summed E-state index contributed by atoms with van der Waals surface area (Å²) in [6, 6.07) is 13.2. The Bertz CT molecular complexity index is 1070. The van der Waals surface area contributed by atoms with Crippen molar-refractivity contribution in [1.29, 1.82) is 0 Å². The van der Waals surface area contributed by atoms with E-state index in [-0.39, 0.29) is 18.3 Å². The predicted octanol–water partition coefficient (Wildman–Crippen LogP) is 2.58. The second kappa shape index (κ2) is 10.4. The topological polar surface area (TPSA) is 108 Å². The van der Waals surface area contributed by atoms with Crippen molar-refractivity contribution in [3.63, 3.8) is 0 Å². The van der Waals surface area contributed by atoms with E-state index in [0.29, 0.717) is 24.5 Å². The number of rotatable bonds is 9. The fourth-order valence-electron chi connectivity index (χ4n) is 3.06. The highest BCUT2D eigenvalue weighted by Gasteiger charge is 2.11. The van der Waals surface area contributed by atoms with Crippen LogP contribution in [0.3, 0.4) is 0 Å². The van der Waals surface area contributed by atoms with Crippen molar-refractivity contribution in [3.8, 4) is 11.6 Å². The number of hydrogen-bond donors (Lipinski definition) is 1. The van der Waals surface area contributed by atoms with Gasteiger partial charge in [-0.2, -0.15) is 5.10 Å². The number of likely N-dealkylation sites (N-methyl/N-ethyl adjacent to an activating group) is 1. The van der Waals surface area contributed by atoms with Crippen LogP contribution in [0, 0.1) is 13.8 Å². The number of nitrogens with two attached hydrogens (primary N) is 1. The van der Waals surface area contributed by atoms with Gasteiger partial charge < -0.3 is 20.2 Å². The van der Waals surface area contributed by atoms with Gasteiger partial charge in [-0.25, -0.2) is 9.67 Å². The third-order valence-electron chi connectivity index (χ3n) is 4.70. The molecule has 32 heavy (non-hydrogen) atoms. The molecule has 0 spiro atoms. The summed E-state index contributed by atoms with van der Waals surface area (Å²) >= 11 is 0. The summed E-state index contributed by atoms with van der Waals surface area (Å²) in [7, 11) is 1.71. The SMILES string of the molecule is CCOc1ccc(CN(C)C(=O)CO/N=C(/N)c2ccc(-n3nc(C)cc3C)nc2)cc1. The smallest absolute Gasteiger partial charge is 0.263 e. The minimum atomic E-state index is -0.217. The Hall–Kier alpha value is -3.88. The van der Waals surface area contributed by atoms with Crippen LogP contribution in [0.2, 0.25) is 0 Å². The molecular weight excluding hydrogens is 408 g/mol. The summed E-state index contributed by atoms with van der Waals surface area (Å²) in [5, 5.41) is 8.25. The van der Waals surface area contributed by atoms with Crippen LogP contribution in [-0.2, 0) is 16.2 Å². The number of carbonyl (C=O) groups excluding carboxylic acids is 1. The van der Waals surface area contributed by atoms with Gasteiger partial charge in [0.25, 0.3) is 5.91 Å². The van der Waals surface area contributed by atoms with Crippen molar-refractivity contribution < 1.29 is 14.4 Å². The first-order valence-electron chi connectivity index (χ1n) is 10.3. The van der Waals surface area contributed by atoms with E-state index in [1.165, 1.54) is 0 Å². The largest absolute Gasteiger partial charge is 0.494 e. The molecule has 0 aliphatic rings. The molecule has 2 aromatic heterocycles. The number of ether oxygens (including phenoxy) is 1. The van der Waals surface area contributed by atoms with E-state index in [2.05, 4.69) is 15.2 Å². The lowest BCUT2D eigenvalue weighted by molar-refractivity contribution is -0.135. The lowest BCUT2D eigenvalue weighted by atomic mass is 10.2. The third-order valence-corrected chi connectivity index (χ3v) is 4.70. The number of amidine groups is 1. The first kappa shape index (κ1) is 22.8. The minimum Gasteiger partial charge on any atom is -0.494 e. The van der Waals surface area contributed by atoms with Crippen LogP contribution in [0.4, 0.5) is 0 Å². The highest BCUT2D eigenvalue weighted by atomic mass is 16.6. The van der Waals surface area contributed by atoms with E-state index in [0.717, 1.165) is 22.7 Å². The molecule has 2 heterocycles. The Labute approximate surface area is 187 Å². The summed E-state index contributed by atoms with van der Waals surface area (Å²) < 4.78 is 7.18. The molecule has 0 bridgehead atoms. The number of aryl methyl sites for hydroxylation is 2. The summed E-state index contributed by atoms with van der Waals surface area (Å²) in [6.07, 6.45) is 1.59. The molecular formula is C23H28N6O3. The van der Waals surface area contributed by atoms with Crippen LogP contribution in [0.15, 0.2) is 53.8 Å². The average molecular weight is 437 g/mol. The van der Waals surface area contributed by atoms with Gasteiger partial charge in [-0.15, -0.1) is 0 Å². The highest BCUT2D eigenvalue weighted by molar-refractivity contribution is 5.96. The summed E-state index contributed by atoms with van der Waals surface area (Å²) in [4.78, 5) is 23.4. The molecule has 0 saturated heterocycles. The lowest BCUT2D eigenvalue weighted by Gasteiger charge is -2.16. The molecule has 0 radical (unpaired) electrons. The van der Waals surface area contributed by atoms with E-state index in [4.69, 9.17) is 15.3 Å². The molecule has 0 unspecified atom stereocenters. The maximum atomic E-state index is 12.3. The minimum absolute atomic E-state index is 0.138. The van der Waals surface area contributed by atoms with E-state index >= 15 is 0 Å². The number of hydrogen-bond acceptors (Lipinski definition) is 6. The summed E-state index contributed by atoms with van der Waals surface area (Å²) in [6.45, 7) is 6.67. The number of amides is 1. The molecule has 3 rings (SSSR count). The van der Waals surface area contributed by atoms with Gasteiger partial charge in [0.15, 0.2) is 18.3 Å². The lowest BCUT2D eigenvalue weighted by Crippen LogP contribution is -2.29. The number of pyridine rings is 1. The first-order chi connectivity index (χ1) is 15.4. The average Bonchev–Trinajstić information content (AvgIpc) is 3.13. The van der Waals surface area contributed by atoms with Crippen LogP contribution < -0.4 is 10.5 Å². The van der Waals surface area contributed by atoms with Gasteiger partial charge in [-0.05, 0) is 56.7 Å². The van der Waals surface area contributed by atoms with E-state index in [1.54, 1.807) is 35.0 Å². The fraction of sp³-hybridized carbons (Fsp3) is 0.304. The molecule has 9 heteroatoms. The van der Waals surface area contributed by atoms with Crippen molar-refractivity contribution in [2.45, 2.75) is 27.3 Å². The Balaban J connectivity index is 1.52. The van der Waals surface area contributed by atoms with E-state index in [9.17, 15) is 4.79 Å². The normalized spacial score (nSPS) is 11.3. The van der Waals surface area contributed by atoms with Gasteiger partial charge in [-0.1, -0.05) is 17.3 Å². The molecule has 1 aromatic carbocycles. The Morgan fingerprint density at radius 1 is 1.19 bits per heavy atom. The van der Waals surface area contributed by atoms with Crippen LogP contribution in [0.25, 0.3) is 5.82 Å². The molecule has 0 aliphatic heterocycles. The number of benzene rings is 1. The monoisotopic (exact) mass is 436 g/mol. The van der Waals surface area contributed by atoms with E-state index < -0.39 is 0 Å². The van der Waals surface area contributed by atoms with Gasteiger partial charge >= 0.3 is 0 Å². The zero-order valence-corrected chi connectivity index (χ0v) is 18.8. The van der Waals surface area contributed by atoms with Crippen molar-refractivity contribution in [3.05, 3.63) is 71.2 Å². The fourth-order valence-corrected chi connectivity index (χ4v) is 3.06. The van der Waals surface area contributed by atoms with Gasteiger partial charge in [0, 0.05) is 31.0 Å². The first-order valence-corrected chi connectivity index (χ1v) is 10.3. The van der Waals surface area contributed by atoms with E-state index in [1.807, 2.05) is 51.1 Å². The zero-order valence-electron chi connectivity index (χ0n) is 18.8.